The zero-order valence-electron chi connectivity index (χ0n) is 16.3. The molecule has 0 radical (unpaired) electrons. The minimum atomic E-state index is 0.419. The van der Waals surface area contributed by atoms with Gasteiger partial charge in [0.1, 0.15) is 5.75 Å². The molecule has 3 aliphatic heterocycles. The third kappa shape index (κ3) is 4.22. The number of nitrogens with zero attached hydrogens (tertiary/aromatic N) is 3. The number of likely N-dealkylation sites (tertiary alicyclic amines) is 1. The van der Waals surface area contributed by atoms with E-state index in [1.54, 1.807) is 7.11 Å². The van der Waals surface area contributed by atoms with E-state index in [0.29, 0.717) is 12.0 Å². The molecule has 0 N–H and O–H groups in total. The fourth-order valence-corrected chi connectivity index (χ4v) is 4.71. The average Bonchev–Trinajstić information content (AvgIpc) is 3.06. The topological polar surface area (TPSA) is 28.2 Å². The van der Waals surface area contributed by atoms with Gasteiger partial charge in [0.15, 0.2) is 0 Å². The van der Waals surface area contributed by atoms with E-state index in [0.717, 1.165) is 31.4 Å². The Kier molecular flexibility index (Phi) is 5.79. The van der Waals surface area contributed by atoms with Crippen molar-refractivity contribution in [2.24, 2.45) is 11.8 Å². The summed E-state index contributed by atoms with van der Waals surface area (Å²) in [6.45, 7) is 10.2. The van der Waals surface area contributed by atoms with Crippen molar-refractivity contribution in [3.63, 3.8) is 0 Å². The normalized spacial score (nSPS) is 31.1. The second-order valence-corrected chi connectivity index (χ2v) is 8.27. The number of benzene rings is 1. The standard InChI is InChI=1S/C21H33N3O2/c1-22-9-11-23(12-10-22)15-21-20-14-24(8-7-18(20)16-26-21)13-17-3-5-19(25-2)6-4-17/h3-6,18,20-21H,7-16H2,1-2H3/t18-,20-,21+/m0/s1. The van der Waals surface area contributed by atoms with Gasteiger partial charge in [-0.15, -0.1) is 0 Å². The minimum Gasteiger partial charge on any atom is -0.497 e. The number of fused-ring (bicyclic) bond motifs is 1. The summed E-state index contributed by atoms with van der Waals surface area (Å²) in [5.74, 6) is 2.39. The van der Waals surface area contributed by atoms with Crippen LogP contribution in [0.5, 0.6) is 5.75 Å². The van der Waals surface area contributed by atoms with Crippen LogP contribution < -0.4 is 4.74 Å². The first-order valence-electron chi connectivity index (χ1n) is 10.1. The highest BCUT2D eigenvalue weighted by molar-refractivity contribution is 5.27. The monoisotopic (exact) mass is 359 g/mol. The van der Waals surface area contributed by atoms with Gasteiger partial charge < -0.3 is 14.4 Å². The van der Waals surface area contributed by atoms with Crippen molar-refractivity contribution in [2.45, 2.75) is 19.1 Å². The average molecular weight is 360 g/mol. The van der Waals surface area contributed by atoms with Crippen molar-refractivity contribution in [2.75, 3.05) is 66.6 Å². The third-order valence-corrected chi connectivity index (χ3v) is 6.49. The molecule has 0 aromatic heterocycles. The van der Waals surface area contributed by atoms with Crippen LogP contribution >= 0.6 is 0 Å². The lowest BCUT2D eigenvalue weighted by atomic mass is 9.84. The SMILES string of the molecule is COc1ccc(CN2CC[C@H]3CO[C@H](CN4CCN(C)CC4)[C@H]3C2)cc1. The van der Waals surface area contributed by atoms with E-state index in [4.69, 9.17) is 9.47 Å². The number of hydrogen-bond acceptors (Lipinski definition) is 5. The molecule has 3 atom stereocenters. The van der Waals surface area contributed by atoms with Crippen molar-refractivity contribution in [3.8, 4) is 5.75 Å². The molecule has 5 nitrogen and oxygen atoms in total. The molecule has 1 aromatic rings. The molecule has 144 valence electrons. The summed E-state index contributed by atoms with van der Waals surface area (Å²) in [4.78, 5) is 7.65. The van der Waals surface area contributed by atoms with Gasteiger partial charge in [0, 0.05) is 51.7 Å². The second-order valence-electron chi connectivity index (χ2n) is 8.27. The lowest BCUT2D eigenvalue weighted by molar-refractivity contribution is 0.0297. The van der Waals surface area contributed by atoms with Gasteiger partial charge >= 0.3 is 0 Å². The van der Waals surface area contributed by atoms with E-state index < -0.39 is 0 Å². The molecule has 5 heteroatoms. The Balaban J connectivity index is 1.32. The number of rotatable bonds is 5. The maximum absolute atomic E-state index is 6.26. The summed E-state index contributed by atoms with van der Waals surface area (Å²) in [7, 11) is 3.94. The largest absolute Gasteiger partial charge is 0.497 e. The van der Waals surface area contributed by atoms with Crippen LogP contribution in [-0.2, 0) is 11.3 Å². The zero-order chi connectivity index (χ0) is 17.9. The van der Waals surface area contributed by atoms with E-state index in [1.807, 2.05) is 0 Å². The Morgan fingerprint density at radius 1 is 1.04 bits per heavy atom. The summed E-state index contributed by atoms with van der Waals surface area (Å²) in [5, 5.41) is 0. The molecular weight excluding hydrogens is 326 g/mol. The minimum absolute atomic E-state index is 0.419. The van der Waals surface area contributed by atoms with Gasteiger partial charge in [-0.3, -0.25) is 9.80 Å². The van der Waals surface area contributed by atoms with Crippen molar-refractivity contribution in [1.29, 1.82) is 0 Å². The van der Waals surface area contributed by atoms with Gasteiger partial charge in [-0.2, -0.15) is 0 Å². The van der Waals surface area contributed by atoms with Crippen molar-refractivity contribution >= 4 is 0 Å². The molecule has 4 rings (SSSR count). The van der Waals surface area contributed by atoms with Crippen LogP contribution in [0.2, 0.25) is 0 Å². The van der Waals surface area contributed by atoms with E-state index in [-0.39, 0.29) is 0 Å². The van der Waals surface area contributed by atoms with E-state index >= 15 is 0 Å². The van der Waals surface area contributed by atoms with E-state index in [1.165, 1.54) is 51.3 Å². The molecule has 3 fully saturated rings. The summed E-state index contributed by atoms with van der Waals surface area (Å²) in [6, 6.07) is 8.52. The van der Waals surface area contributed by atoms with Gasteiger partial charge in [-0.05, 0) is 43.6 Å². The van der Waals surface area contributed by atoms with Gasteiger partial charge in [0.25, 0.3) is 0 Å². The number of methoxy groups -OCH3 is 1. The maximum atomic E-state index is 6.26. The first-order chi connectivity index (χ1) is 12.7. The number of hydrogen-bond donors (Lipinski definition) is 0. The molecule has 3 aliphatic rings. The van der Waals surface area contributed by atoms with E-state index in [2.05, 4.69) is 46.0 Å². The summed E-state index contributed by atoms with van der Waals surface area (Å²) in [5.41, 5.74) is 1.37. The van der Waals surface area contributed by atoms with Crippen LogP contribution in [0.3, 0.4) is 0 Å². The van der Waals surface area contributed by atoms with Gasteiger partial charge in [0.2, 0.25) is 0 Å². The molecule has 0 amide bonds. The molecule has 3 saturated heterocycles. The van der Waals surface area contributed by atoms with Crippen molar-refractivity contribution < 1.29 is 9.47 Å². The van der Waals surface area contributed by atoms with Crippen LogP contribution in [0.25, 0.3) is 0 Å². The Morgan fingerprint density at radius 2 is 1.81 bits per heavy atom. The number of piperazine rings is 1. The van der Waals surface area contributed by atoms with Gasteiger partial charge in [-0.25, -0.2) is 0 Å². The van der Waals surface area contributed by atoms with E-state index in [9.17, 15) is 0 Å². The molecule has 0 spiro atoms. The summed E-state index contributed by atoms with van der Waals surface area (Å²) in [6.07, 6.45) is 1.70. The Hall–Kier alpha value is -1.14. The van der Waals surface area contributed by atoms with Crippen LogP contribution in [0, 0.1) is 11.8 Å². The lowest BCUT2D eigenvalue weighted by Crippen LogP contribution is -2.49. The first-order valence-corrected chi connectivity index (χ1v) is 10.1. The summed E-state index contributed by atoms with van der Waals surface area (Å²) >= 11 is 0. The second kappa shape index (κ2) is 8.26. The van der Waals surface area contributed by atoms with Crippen LogP contribution in [0.15, 0.2) is 24.3 Å². The van der Waals surface area contributed by atoms with Gasteiger partial charge in [0.05, 0.1) is 19.8 Å². The Bertz CT molecular complexity index is 571. The number of ether oxygens (including phenoxy) is 2. The number of likely N-dealkylation sites (N-methyl/N-ethyl adjacent to an activating group) is 1. The van der Waals surface area contributed by atoms with Gasteiger partial charge in [-0.1, -0.05) is 12.1 Å². The highest BCUT2D eigenvalue weighted by Crippen LogP contribution is 2.35. The highest BCUT2D eigenvalue weighted by atomic mass is 16.5. The Morgan fingerprint density at radius 3 is 2.54 bits per heavy atom. The fraction of sp³-hybridized carbons (Fsp3) is 0.714. The molecule has 1 aromatic carbocycles. The molecule has 0 aliphatic carbocycles. The molecule has 0 unspecified atom stereocenters. The first kappa shape index (κ1) is 18.2. The molecule has 3 heterocycles. The van der Waals surface area contributed by atoms with Crippen molar-refractivity contribution in [1.82, 2.24) is 14.7 Å². The van der Waals surface area contributed by atoms with Crippen LogP contribution in [-0.4, -0.2) is 87.4 Å². The predicted octanol–water partition coefficient (Wildman–Crippen LogP) is 1.78. The zero-order valence-corrected chi connectivity index (χ0v) is 16.3. The summed E-state index contributed by atoms with van der Waals surface area (Å²) < 4.78 is 11.5. The smallest absolute Gasteiger partial charge is 0.118 e. The van der Waals surface area contributed by atoms with Crippen molar-refractivity contribution in [3.05, 3.63) is 29.8 Å². The molecular formula is C21H33N3O2. The molecule has 26 heavy (non-hydrogen) atoms. The van der Waals surface area contributed by atoms with Crippen LogP contribution in [0.1, 0.15) is 12.0 Å². The fourth-order valence-electron chi connectivity index (χ4n) is 4.71. The predicted molar refractivity (Wildman–Crippen MR) is 104 cm³/mol. The number of piperidine rings is 1. The third-order valence-electron chi connectivity index (χ3n) is 6.49. The highest BCUT2D eigenvalue weighted by Gasteiger charge is 2.41. The maximum Gasteiger partial charge on any atom is 0.118 e. The molecule has 0 saturated carbocycles. The van der Waals surface area contributed by atoms with Crippen LogP contribution in [0.4, 0.5) is 0 Å². The quantitative estimate of drug-likeness (QED) is 0.799. The lowest BCUT2D eigenvalue weighted by Gasteiger charge is -2.38. The molecule has 0 bridgehead atoms. The Labute approximate surface area is 157 Å².